The molecule has 0 aromatic heterocycles. The second-order valence-electron chi connectivity index (χ2n) is 2.73. The van der Waals surface area contributed by atoms with E-state index in [0.717, 1.165) is 6.08 Å². The molecule has 0 radical (unpaired) electrons. The van der Waals surface area contributed by atoms with Crippen molar-refractivity contribution in [1.82, 2.24) is 0 Å². The van der Waals surface area contributed by atoms with Gasteiger partial charge in [0.25, 0.3) is 0 Å². The standard InChI is InChI=1S/C10H10O5/c1-15-8(12)5-3-6-2-4-7(11)10(14)9(6)13/h2-5,11,13-14H,1H3. The first-order valence-electron chi connectivity index (χ1n) is 4.06. The zero-order chi connectivity index (χ0) is 11.4. The van der Waals surface area contributed by atoms with Crippen LogP contribution in [0.5, 0.6) is 17.2 Å². The maximum atomic E-state index is 10.7. The first-order valence-corrected chi connectivity index (χ1v) is 4.06. The van der Waals surface area contributed by atoms with Gasteiger partial charge in [0.05, 0.1) is 7.11 Å². The predicted molar refractivity (Wildman–Crippen MR) is 52.5 cm³/mol. The van der Waals surface area contributed by atoms with Crippen molar-refractivity contribution < 1.29 is 24.9 Å². The maximum Gasteiger partial charge on any atom is 0.330 e. The van der Waals surface area contributed by atoms with Crippen molar-refractivity contribution in [3.05, 3.63) is 23.8 Å². The number of benzene rings is 1. The molecule has 1 rings (SSSR count). The Bertz CT molecular complexity index is 409. The van der Waals surface area contributed by atoms with Crippen molar-refractivity contribution in [3.8, 4) is 17.2 Å². The number of hydrogen-bond donors (Lipinski definition) is 3. The Morgan fingerprint density at radius 2 is 1.93 bits per heavy atom. The zero-order valence-corrected chi connectivity index (χ0v) is 7.97. The molecule has 0 fully saturated rings. The van der Waals surface area contributed by atoms with E-state index in [0.29, 0.717) is 0 Å². The molecule has 0 spiro atoms. The molecule has 0 aliphatic carbocycles. The van der Waals surface area contributed by atoms with Crippen LogP contribution in [-0.2, 0) is 9.53 Å². The fourth-order valence-electron chi connectivity index (χ4n) is 0.945. The van der Waals surface area contributed by atoms with E-state index >= 15 is 0 Å². The molecule has 0 saturated heterocycles. The van der Waals surface area contributed by atoms with Gasteiger partial charge in [-0.3, -0.25) is 0 Å². The third kappa shape index (κ3) is 2.40. The van der Waals surface area contributed by atoms with E-state index in [1.807, 2.05) is 0 Å². The largest absolute Gasteiger partial charge is 0.504 e. The SMILES string of the molecule is COC(=O)C=Cc1ccc(O)c(O)c1O. The van der Waals surface area contributed by atoms with Gasteiger partial charge in [-0.05, 0) is 18.2 Å². The number of methoxy groups -OCH3 is 1. The first kappa shape index (κ1) is 10.9. The highest BCUT2D eigenvalue weighted by molar-refractivity contribution is 5.87. The van der Waals surface area contributed by atoms with E-state index in [-0.39, 0.29) is 5.56 Å². The van der Waals surface area contributed by atoms with Crippen molar-refractivity contribution in [1.29, 1.82) is 0 Å². The van der Waals surface area contributed by atoms with Crippen molar-refractivity contribution in [2.75, 3.05) is 7.11 Å². The van der Waals surface area contributed by atoms with Crippen LogP contribution in [0.4, 0.5) is 0 Å². The Hall–Kier alpha value is -2.17. The van der Waals surface area contributed by atoms with Gasteiger partial charge in [-0.25, -0.2) is 4.79 Å². The Morgan fingerprint density at radius 3 is 2.53 bits per heavy atom. The van der Waals surface area contributed by atoms with Gasteiger partial charge in [-0.1, -0.05) is 0 Å². The van der Waals surface area contributed by atoms with Crippen LogP contribution in [0, 0.1) is 0 Å². The molecule has 3 N–H and O–H groups in total. The summed E-state index contributed by atoms with van der Waals surface area (Å²) in [5, 5.41) is 27.5. The van der Waals surface area contributed by atoms with Gasteiger partial charge in [0.1, 0.15) is 0 Å². The van der Waals surface area contributed by atoms with Gasteiger partial charge in [0.2, 0.25) is 5.75 Å². The minimum Gasteiger partial charge on any atom is -0.504 e. The Morgan fingerprint density at radius 1 is 1.27 bits per heavy atom. The second kappa shape index (κ2) is 4.36. The first-order chi connectivity index (χ1) is 7.06. The maximum absolute atomic E-state index is 10.7. The highest BCUT2D eigenvalue weighted by Crippen LogP contribution is 2.37. The van der Waals surface area contributed by atoms with Crippen LogP contribution in [0.2, 0.25) is 0 Å². The summed E-state index contributed by atoms with van der Waals surface area (Å²) in [5.74, 6) is -2.12. The number of ether oxygens (including phenoxy) is 1. The third-order valence-corrected chi connectivity index (χ3v) is 1.76. The number of aromatic hydroxyl groups is 3. The minimum atomic E-state index is -0.623. The average Bonchev–Trinajstić information content (AvgIpc) is 2.24. The van der Waals surface area contributed by atoms with Crippen LogP contribution in [0.3, 0.4) is 0 Å². The second-order valence-corrected chi connectivity index (χ2v) is 2.73. The lowest BCUT2D eigenvalue weighted by Gasteiger charge is -2.03. The molecule has 0 atom stereocenters. The number of carbonyl (C=O) groups is 1. The molecule has 15 heavy (non-hydrogen) atoms. The van der Waals surface area contributed by atoms with Gasteiger partial charge < -0.3 is 20.1 Å². The van der Waals surface area contributed by atoms with Gasteiger partial charge in [-0.2, -0.15) is 0 Å². The number of hydrogen-bond acceptors (Lipinski definition) is 5. The lowest BCUT2D eigenvalue weighted by atomic mass is 10.1. The smallest absolute Gasteiger partial charge is 0.330 e. The molecule has 80 valence electrons. The summed E-state index contributed by atoms with van der Waals surface area (Å²) in [6.07, 6.45) is 2.35. The van der Waals surface area contributed by atoms with Crippen LogP contribution in [0.1, 0.15) is 5.56 Å². The number of carbonyl (C=O) groups excluding carboxylic acids is 1. The summed E-state index contributed by atoms with van der Waals surface area (Å²) < 4.78 is 4.35. The number of esters is 1. The van der Waals surface area contributed by atoms with E-state index in [1.54, 1.807) is 0 Å². The predicted octanol–water partition coefficient (Wildman–Crippen LogP) is 0.990. The van der Waals surface area contributed by atoms with E-state index in [9.17, 15) is 9.90 Å². The van der Waals surface area contributed by atoms with Crippen molar-refractivity contribution in [2.45, 2.75) is 0 Å². The number of rotatable bonds is 2. The van der Waals surface area contributed by atoms with Gasteiger partial charge >= 0.3 is 5.97 Å². The lowest BCUT2D eigenvalue weighted by Crippen LogP contribution is -1.93. The van der Waals surface area contributed by atoms with Crippen molar-refractivity contribution in [2.24, 2.45) is 0 Å². The third-order valence-electron chi connectivity index (χ3n) is 1.76. The van der Waals surface area contributed by atoms with E-state index in [2.05, 4.69) is 4.74 Å². The fourth-order valence-corrected chi connectivity index (χ4v) is 0.945. The summed E-state index contributed by atoms with van der Waals surface area (Å²) in [5.41, 5.74) is 0.204. The lowest BCUT2D eigenvalue weighted by molar-refractivity contribution is -0.134. The molecule has 0 heterocycles. The zero-order valence-electron chi connectivity index (χ0n) is 7.97. The molecule has 1 aromatic carbocycles. The van der Waals surface area contributed by atoms with Gasteiger partial charge in [0.15, 0.2) is 11.5 Å². The van der Waals surface area contributed by atoms with Crippen molar-refractivity contribution in [3.63, 3.8) is 0 Å². The Kier molecular flexibility index (Phi) is 3.17. The summed E-state index contributed by atoms with van der Waals surface area (Å²) in [4.78, 5) is 10.7. The van der Waals surface area contributed by atoms with Crippen LogP contribution in [0.15, 0.2) is 18.2 Å². The van der Waals surface area contributed by atoms with Crippen LogP contribution in [-0.4, -0.2) is 28.4 Å². The molecule has 5 heteroatoms. The van der Waals surface area contributed by atoms with Crippen LogP contribution < -0.4 is 0 Å². The molecule has 0 saturated carbocycles. The molecule has 0 unspecified atom stereocenters. The number of phenolic OH excluding ortho intramolecular Hbond substituents is 3. The van der Waals surface area contributed by atoms with Crippen molar-refractivity contribution >= 4 is 12.0 Å². The molecule has 0 aliphatic heterocycles. The minimum absolute atomic E-state index is 0.204. The topological polar surface area (TPSA) is 87.0 Å². The molecule has 0 bridgehead atoms. The Labute approximate surface area is 85.9 Å². The van der Waals surface area contributed by atoms with E-state index in [1.165, 1.54) is 25.3 Å². The monoisotopic (exact) mass is 210 g/mol. The quantitative estimate of drug-likeness (QED) is 0.385. The average molecular weight is 210 g/mol. The molecular formula is C10H10O5. The van der Waals surface area contributed by atoms with Gasteiger partial charge in [-0.15, -0.1) is 0 Å². The van der Waals surface area contributed by atoms with E-state index in [4.69, 9.17) is 10.2 Å². The molecule has 5 nitrogen and oxygen atoms in total. The molecule has 0 aliphatic rings. The molecule has 1 aromatic rings. The highest BCUT2D eigenvalue weighted by atomic mass is 16.5. The van der Waals surface area contributed by atoms with E-state index < -0.39 is 23.2 Å². The summed E-state index contributed by atoms with van der Waals surface area (Å²) in [7, 11) is 1.22. The summed E-state index contributed by atoms with van der Waals surface area (Å²) in [6.45, 7) is 0. The van der Waals surface area contributed by atoms with Crippen LogP contribution in [0.25, 0.3) is 6.08 Å². The molecular weight excluding hydrogens is 200 g/mol. The highest BCUT2D eigenvalue weighted by Gasteiger charge is 2.08. The normalized spacial score (nSPS) is 10.5. The van der Waals surface area contributed by atoms with Gasteiger partial charge in [0, 0.05) is 11.6 Å². The summed E-state index contributed by atoms with van der Waals surface area (Å²) >= 11 is 0. The number of phenols is 3. The van der Waals surface area contributed by atoms with Crippen LogP contribution >= 0.6 is 0 Å². The molecule has 0 amide bonds. The summed E-state index contributed by atoms with van der Waals surface area (Å²) in [6, 6.07) is 2.55. The Balaban J connectivity index is 3.02. The fraction of sp³-hybridized carbons (Fsp3) is 0.100.